The number of hydrogen-bond acceptors (Lipinski definition) is 1. The van der Waals surface area contributed by atoms with Crippen LogP contribution in [0.5, 0.6) is 0 Å². The Morgan fingerprint density at radius 1 is 0.882 bits per heavy atom. The van der Waals surface area contributed by atoms with Crippen LogP contribution in [0, 0.1) is 11.8 Å². The Hall–Kier alpha value is -0.820. The first kappa shape index (κ1) is 8.31. The Kier molecular flexibility index (Phi) is 1.02. The third-order valence-electron chi connectivity index (χ3n) is 6.81. The summed E-state index contributed by atoms with van der Waals surface area (Å²) in [5.74, 6) is 3.30. The highest BCUT2D eigenvalue weighted by atomic mass is 16.6. The molecule has 1 saturated heterocycles. The van der Waals surface area contributed by atoms with Gasteiger partial charge in [-0.3, -0.25) is 0 Å². The maximum absolute atomic E-state index is 6.52. The van der Waals surface area contributed by atoms with Crippen LogP contribution in [-0.2, 0) is 4.74 Å². The van der Waals surface area contributed by atoms with Crippen LogP contribution in [0.15, 0.2) is 24.3 Å². The summed E-state index contributed by atoms with van der Waals surface area (Å²) in [6.07, 6.45) is 5.75. The van der Waals surface area contributed by atoms with E-state index in [0.717, 1.165) is 23.7 Å². The minimum Gasteiger partial charge on any atom is -0.361 e. The second-order valence-corrected chi connectivity index (χ2v) is 6.86. The lowest BCUT2D eigenvalue weighted by atomic mass is 9.69. The van der Waals surface area contributed by atoms with Crippen molar-refractivity contribution < 1.29 is 4.74 Å². The fourth-order valence-electron chi connectivity index (χ4n) is 6.52. The van der Waals surface area contributed by atoms with Crippen molar-refractivity contribution in [2.75, 3.05) is 0 Å². The van der Waals surface area contributed by atoms with Crippen molar-refractivity contribution >= 4 is 0 Å². The summed E-state index contributed by atoms with van der Waals surface area (Å²) in [6.45, 7) is 0. The van der Waals surface area contributed by atoms with E-state index in [-0.39, 0.29) is 0 Å². The molecule has 5 aliphatic rings. The van der Waals surface area contributed by atoms with Crippen molar-refractivity contribution in [1.29, 1.82) is 0 Å². The van der Waals surface area contributed by atoms with Gasteiger partial charge in [-0.2, -0.15) is 0 Å². The molecule has 17 heavy (non-hydrogen) atoms. The average molecular weight is 224 g/mol. The lowest BCUT2D eigenvalue weighted by Crippen LogP contribution is -2.36. The number of hydrogen-bond donors (Lipinski definition) is 0. The van der Waals surface area contributed by atoms with Crippen LogP contribution in [0.1, 0.15) is 48.6 Å². The van der Waals surface area contributed by atoms with E-state index in [1.165, 1.54) is 25.7 Å². The third-order valence-corrected chi connectivity index (χ3v) is 6.81. The van der Waals surface area contributed by atoms with E-state index < -0.39 is 0 Å². The van der Waals surface area contributed by atoms with Gasteiger partial charge in [0.15, 0.2) is 0 Å². The molecule has 0 spiro atoms. The first-order valence-corrected chi connectivity index (χ1v) is 7.17. The van der Waals surface area contributed by atoms with Gasteiger partial charge in [-0.05, 0) is 48.6 Å². The first-order chi connectivity index (χ1) is 8.38. The molecule has 1 aliphatic heterocycles. The van der Waals surface area contributed by atoms with Gasteiger partial charge < -0.3 is 4.74 Å². The largest absolute Gasteiger partial charge is 0.361 e. The molecule has 0 amide bonds. The van der Waals surface area contributed by atoms with Crippen molar-refractivity contribution in [3.63, 3.8) is 0 Å². The summed E-state index contributed by atoms with van der Waals surface area (Å²) in [5, 5.41) is 0. The quantitative estimate of drug-likeness (QED) is 0.616. The number of fused-ring (bicyclic) bond motifs is 7. The lowest BCUT2D eigenvalue weighted by Gasteiger charge is -2.29. The zero-order chi connectivity index (χ0) is 10.8. The number of benzene rings is 1. The van der Waals surface area contributed by atoms with Gasteiger partial charge in [-0.25, -0.2) is 0 Å². The third kappa shape index (κ3) is 0.567. The van der Waals surface area contributed by atoms with Gasteiger partial charge in [0.1, 0.15) is 11.2 Å². The van der Waals surface area contributed by atoms with E-state index in [2.05, 4.69) is 24.3 Å². The van der Waals surface area contributed by atoms with E-state index in [1.54, 1.807) is 11.1 Å². The van der Waals surface area contributed by atoms with Gasteiger partial charge in [-0.1, -0.05) is 24.3 Å². The first-order valence-electron chi connectivity index (χ1n) is 7.17. The molecule has 6 atom stereocenters. The van der Waals surface area contributed by atoms with Crippen LogP contribution in [0.25, 0.3) is 0 Å². The Labute approximate surface area is 101 Å². The fourth-order valence-corrected chi connectivity index (χ4v) is 6.52. The number of epoxide rings is 1. The molecule has 1 nitrogen and oxygen atoms in total. The maximum Gasteiger partial charge on any atom is 0.109 e. The highest BCUT2D eigenvalue weighted by Crippen LogP contribution is 2.86. The number of ether oxygens (including phenoxy) is 1. The van der Waals surface area contributed by atoms with Crippen LogP contribution >= 0.6 is 0 Å². The zero-order valence-corrected chi connectivity index (χ0v) is 9.86. The summed E-state index contributed by atoms with van der Waals surface area (Å²) in [7, 11) is 0. The second-order valence-electron chi connectivity index (χ2n) is 6.86. The van der Waals surface area contributed by atoms with Crippen LogP contribution in [0.3, 0.4) is 0 Å². The lowest BCUT2D eigenvalue weighted by molar-refractivity contribution is 0.113. The van der Waals surface area contributed by atoms with Gasteiger partial charge in [0.2, 0.25) is 0 Å². The molecule has 4 bridgehead atoms. The van der Waals surface area contributed by atoms with Crippen molar-refractivity contribution in [2.24, 2.45) is 11.8 Å². The Morgan fingerprint density at radius 3 is 2.06 bits per heavy atom. The predicted octanol–water partition coefficient (Wildman–Crippen LogP) is 3.21. The molecule has 0 radical (unpaired) electrons. The summed E-state index contributed by atoms with van der Waals surface area (Å²) in [6, 6.07) is 9.17. The topological polar surface area (TPSA) is 12.5 Å². The molecule has 1 heteroatoms. The normalized spacial score (nSPS) is 59.1. The molecule has 6 rings (SSSR count). The molecule has 4 aliphatic carbocycles. The smallest absolute Gasteiger partial charge is 0.109 e. The van der Waals surface area contributed by atoms with Crippen LogP contribution in [0.2, 0.25) is 0 Å². The standard InChI is InChI=1S/C16H16O/c1-2-4-12-11(3-1)13-8-14(12)16-10-6-5-9(7-10)15(13,16)17-16/h1-4,9-10,13-14H,5-8H2/t9-,10-,13+,14+,15-,16+/m1/s1. The van der Waals surface area contributed by atoms with Crippen molar-refractivity contribution in [2.45, 2.75) is 48.7 Å². The monoisotopic (exact) mass is 224 g/mol. The summed E-state index contributed by atoms with van der Waals surface area (Å²) in [4.78, 5) is 0. The second kappa shape index (κ2) is 2.09. The number of rotatable bonds is 0. The Bertz CT molecular complexity index is 517. The molecule has 86 valence electrons. The summed E-state index contributed by atoms with van der Waals surface area (Å²) in [5.41, 5.74) is 3.93. The molecule has 0 aromatic heterocycles. The SMILES string of the molecule is c1ccc2c(c1)[C@@H]1C[C@@H]2[C@]23O[C@]12[C@@H]1CC[C@@H]3C1. The van der Waals surface area contributed by atoms with Gasteiger partial charge in [0.25, 0.3) is 0 Å². The Balaban J connectivity index is 1.67. The maximum atomic E-state index is 6.52. The molecule has 0 unspecified atom stereocenters. The molecular weight excluding hydrogens is 208 g/mol. The minimum absolute atomic E-state index is 0.328. The van der Waals surface area contributed by atoms with Crippen molar-refractivity contribution in [1.82, 2.24) is 0 Å². The van der Waals surface area contributed by atoms with Crippen LogP contribution < -0.4 is 0 Å². The van der Waals surface area contributed by atoms with E-state index >= 15 is 0 Å². The van der Waals surface area contributed by atoms with E-state index in [9.17, 15) is 0 Å². The van der Waals surface area contributed by atoms with E-state index in [1.807, 2.05) is 0 Å². The van der Waals surface area contributed by atoms with Gasteiger partial charge in [-0.15, -0.1) is 0 Å². The summed E-state index contributed by atoms with van der Waals surface area (Å²) >= 11 is 0. The highest BCUT2D eigenvalue weighted by Gasteiger charge is 2.91. The molecule has 1 heterocycles. The molecule has 1 aromatic rings. The van der Waals surface area contributed by atoms with Crippen LogP contribution in [0.4, 0.5) is 0 Å². The zero-order valence-electron chi connectivity index (χ0n) is 9.86. The van der Waals surface area contributed by atoms with E-state index in [4.69, 9.17) is 4.74 Å². The van der Waals surface area contributed by atoms with Crippen molar-refractivity contribution in [3.8, 4) is 0 Å². The highest BCUT2D eigenvalue weighted by molar-refractivity contribution is 5.57. The van der Waals surface area contributed by atoms with E-state index in [0.29, 0.717) is 11.2 Å². The minimum atomic E-state index is 0.328. The average Bonchev–Trinajstić information content (AvgIpc) is 2.80. The molecular formula is C16H16O. The molecule has 4 fully saturated rings. The molecule has 3 saturated carbocycles. The van der Waals surface area contributed by atoms with Gasteiger partial charge in [0, 0.05) is 11.8 Å². The summed E-state index contributed by atoms with van der Waals surface area (Å²) < 4.78 is 6.52. The molecule has 0 N–H and O–H groups in total. The fraction of sp³-hybridized carbons (Fsp3) is 0.625. The van der Waals surface area contributed by atoms with Gasteiger partial charge in [0.05, 0.1) is 0 Å². The predicted molar refractivity (Wildman–Crippen MR) is 63.9 cm³/mol. The Morgan fingerprint density at radius 2 is 1.47 bits per heavy atom. The van der Waals surface area contributed by atoms with Crippen LogP contribution in [-0.4, -0.2) is 11.2 Å². The molecule has 1 aromatic carbocycles. The van der Waals surface area contributed by atoms with Crippen molar-refractivity contribution in [3.05, 3.63) is 35.4 Å². The van der Waals surface area contributed by atoms with Gasteiger partial charge >= 0.3 is 0 Å².